The lowest BCUT2D eigenvalue weighted by Crippen LogP contribution is -2.23. The van der Waals surface area contributed by atoms with E-state index in [1.54, 1.807) is 6.92 Å². The summed E-state index contributed by atoms with van der Waals surface area (Å²) in [5.41, 5.74) is 1.28. The second-order valence-electron chi connectivity index (χ2n) is 3.71. The Morgan fingerprint density at radius 3 is 2.50 bits per heavy atom. The Morgan fingerprint density at radius 2 is 2.08 bits per heavy atom. The van der Waals surface area contributed by atoms with Crippen LogP contribution in [0.25, 0.3) is 0 Å². The van der Waals surface area contributed by atoms with Crippen molar-refractivity contribution < 1.29 is 9.90 Å². The van der Waals surface area contributed by atoms with Gasteiger partial charge in [0, 0.05) is 0 Å². The zero-order valence-corrected chi connectivity index (χ0v) is 7.55. The van der Waals surface area contributed by atoms with Gasteiger partial charge in [0.15, 0.2) is 0 Å². The topological polar surface area (TPSA) is 37.3 Å². The molecule has 1 rings (SSSR count). The third kappa shape index (κ3) is 2.10. The molecule has 0 aromatic carbocycles. The zero-order chi connectivity index (χ0) is 9.14. The number of allylic oxidation sites excluding steroid dienone is 1. The van der Waals surface area contributed by atoms with Gasteiger partial charge in [-0.25, -0.2) is 0 Å². The van der Waals surface area contributed by atoms with Crippen LogP contribution in [0.4, 0.5) is 0 Å². The van der Waals surface area contributed by atoms with Crippen molar-refractivity contribution in [3.63, 3.8) is 0 Å². The fourth-order valence-corrected chi connectivity index (χ4v) is 1.75. The van der Waals surface area contributed by atoms with Gasteiger partial charge in [0.25, 0.3) is 0 Å². The van der Waals surface area contributed by atoms with Crippen molar-refractivity contribution in [2.75, 3.05) is 0 Å². The SMILES string of the molecule is C=C1CCC(C(C)C(=O)O)CC1. The lowest BCUT2D eigenvalue weighted by atomic mass is 9.79. The third-order valence-corrected chi connectivity index (χ3v) is 2.83. The monoisotopic (exact) mass is 168 g/mol. The Bertz CT molecular complexity index is 186. The van der Waals surface area contributed by atoms with Gasteiger partial charge in [0.05, 0.1) is 5.92 Å². The predicted octanol–water partition coefficient (Wildman–Crippen LogP) is 2.45. The molecule has 2 nitrogen and oxygen atoms in total. The van der Waals surface area contributed by atoms with Crippen molar-refractivity contribution in [3.05, 3.63) is 12.2 Å². The molecule has 1 saturated carbocycles. The molecule has 1 aliphatic carbocycles. The summed E-state index contributed by atoms with van der Waals surface area (Å²) in [5.74, 6) is -0.474. The average Bonchev–Trinajstić information content (AvgIpc) is 2.04. The van der Waals surface area contributed by atoms with E-state index in [2.05, 4.69) is 6.58 Å². The maximum Gasteiger partial charge on any atom is 0.306 e. The molecule has 68 valence electrons. The Hall–Kier alpha value is -0.790. The van der Waals surface area contributed by atoms with Gasteiger partial charge in [-0.3, -0.25) is 4.79 Å². The highest BCUT2D eigenvalue weighted by atomic mass is 16.4. The van der Waals surface area contributed by atoms with Crippen LogP contribution in [-0.2, 0) is 4.79 Å². The van der Waals surface area contributed by atoms with Crippen molar-refractivity contribution in [3.8, 4) is 0 Å². The maximum atomic E-state index is 10.7. The van der Waals surface area contributed by atoms with Gasteiger partial charge >= 0.3 is 5.97 Å². The molecular formula is C10H16O2. The largest absolute Gasteiger partial charge is 0.481 e. The lowest BCUT2D eigenvalue weighted by Gasteiger charge is -2.26. The van der Waals surface area contributed by atoms with E-state index in [0.29, 0.717) is 5.92 Å². The van der Waals surface area contributed by atoms with Crippen LogP contribution in [0.2, 0.25) is 0 Å². The van der Waals surface area contributed by atoms with Crippen LogP contribution in [0.5, 0.6) is 0 Å². The molecule has 1 atom stereocenters. The Kier molecular flexibility index (Phi) is 2.90. The van der Waals surface area contributed by atoms with E-state index in [9.17, 15) is 4.79 Å². The van der Waals surface area contributed by atoms with Crippen molar-refractivity contribution in [1.82, 2.24) is 0 Å². The number of hydrogen-bond donors (Lipinski definition) is 1. The number of carboxylic acid groups (broad SMARTS) is 1. The number of carboxylic acids is 1. The summed E-state index contributed by atoms with van der Waals surface area (Å²) < 4.78 is 0. The first-order chi connectivity index (χ1) is 5.61. The minimum absolute atomic E-state index is 0.182. The molecular weight excluding hydrogens is 152 g/mol. The molecule has 0 saturated heterocycles. The fraction of sp³-hybridized carbons (Fsp3) is 0.700. The first-order valence-corrected chi connectivity index (χ1v) is 4.50. The molecule has 0 aromatic rings. The quantitative estimate of drug-likeness (QED) is 0.643. The Balaban J connectivity index is 2.44. The van der Waals surface area contributed by atoms with Crippen LogP contribution in [0.3, 0.4) is 0 Å². The zero-order valence-electron chi connectivity index (χ0n) is 7.55. The summed E-state index contributed by atoms with van der Waals surface area (Å²) >= 11 is 0. The van der Waals surface area contributed by atoms with Crippen LogP contribution in [0.15, 0.2) is 12.2 Å². The van der Waals surface area contributed by atoms with Crippen molar-refractivity contribution in [2.45, 2.75) is 32.6 Å². The normalized spacial score (nSPS) is 22.2. The average molecular weight is 168 g/mol. The predicted molar refractivity (Wildman–Crippen MR) is 47.9 cm³/mol. The van der Waals surface area contributed by atoms with Gasteiger partial charge in [-0.2, -0.15) is 0 Å². The van der Waals surface area contributed by atoms with Crippen LogP contribution < -0.4 is 0 Å². The first kappa shape index (κ1) is 9.30. The minimum atomic E-state index is -0.660. The number of hydrogen-bond acceptors (Lipinski definition) is 1. The standard InChI is InChI=1S/C10H16O2/c1-7-3-5-9(6-4-7)8(2)10(11)12/h8-9H,1,3-6H2,2H3,(H,11,12). The molecule has 0 radical (unpaired) electrons. The molecule has 0 amide bonds. The molecule has 1 N–H and O–H groups in total. The highest BCUT2D eigenvalue weighted by molar-refractivity contribution is 5.69. The van der Waals surface area contributed by atoms with Gasteiger partial charge in [0.2, 0.25) is 0 Å². The van der Waals surface area contributed by atoms with Crippen LogP contribution >= 0.6 is 0 Å². The number of carbonyl (C=O) groups is 1. The fourth-order valence-electron chi connectivity index (χ4n) is 1.75. The molecule has 0 heterocycles. The summed E-state index contributed by atoms with van der Waals surface area (Å²) in [6.45, 7) is 5.71. The molecule has 0 aliphatic heterocycles. The molecule has 1 fully saturated rings. The first-order valence-electron chi connectivity index (χ1n) is 4.50. The molecule has 1 unspecified atom stereocenters. The van der Waals surface area contributed by atoms with E-state index in [0.717, 1.165) is 25.7 Å². The number of aliphatic carboxylic acids is 1. The summed E-state index contributed by atoms with van der Waals surface area (Å²) in [6.07, 6.45) is 4.04. The van der Waals surface area contributed by atoms with E-state index in [1.807, 2.05) is 0 Å². The Morgan fingerprint density at radius 1 is 1.58 bits per heavy atom. The van der Waals surface area contributed by atoms with E-state index in [1.165, 1.54) is 5.57 Å². The molecule has 0 bridgehead atoms. The molecule has 0 spiro atoms. The van der Waals surface area contributed by atoms with E-state index in [4.69, 9.17) is 5.11 Å². The molecule has 12 heavy (non-hydrogen) atoms. The van der Waals surface area contributed by atoms with Gasteiger partial charge in [-0.05, 0) is 31.6 Å². The second kappa shape index (κ2) is 3.74. The van der Waals surface area contributed by atoms with Crippen molar-refractivity contribution >= 4 is 5.97 Å². The van der Waals surface area contributed by atoms with Crippen molar-refractivity contribution in [1.29, 1.82) is 0 Å². The summed E-state index contributed by atoms with van der Waals surface area (Å²) in [7, 11) is 0. The van der Waals surface area contributed by atoms with Crippen LogP contribution in [-0.4, -0.2) is 11.1 Å². The highest BCUT2D eigenvalue weighted by Gasteiger charge is 2.25. The second-order valence-corrected chi connectivity index (χ2v) is 3.71. The van der Waals surface area contributed by atoms with Crippen LogP contribution in [0.1, 0.15) is 32.6 Å². The summed E-state index contributed by atoms with van der Waals surface area (Å²) in [6, 6.07) is 0. The summed E-state index contributed by atoms with van der Waals surface area (Å²) in [4.78, 5) is 10.7. The van der Waals surface area contributed by atoms with Gasteiger partial charge in [0.1, 0.15) is 0 Å². The van der Waals surface area contributed by atoms with Gasteiger partial charge in [-0.1, -0.05) is 19.1 Å². The smallest absolute Gasteiger partial charge is 0.306 e. The van der Waals surface area contributed by atoms with E-state index in [-0.39, 0.29) is 5.92 Å². The number of rotatable bonds is 2. The molecule has 1 aliphatic rings. The molecule has 0 aromatic heterocycles. The molecule has 2 heteroatoms. The summed E-state index contributed by atoms with van der Waals surface area (Å²) in [5, 5.41) is 8.78. The highest BCUT2D eigenvalue weighted by Crippen LogP contribution is 2.32. The van der Waals surface area contributed by atoms with Crippen molar-refractivity contribution in [2.24, 2.45) is 11.8 Å². The lowest BCUT2D eigenvalue weighted by molar-refractivity contribution is -0.143. The van der Waals surface area contributed by atoms with Crippen LogP contribution in [0, 0.1) is 11.8 Å². The van der Waals surface area contributed by atoms with Gasteiger partial charge in [-0.15, -0.1) is 0 Å². The minimum Gasteiger partial charge on any atom is -0.481 e. The maximum absolute atomic E-state index is 10.7. The Labute approximate surface area is 73.3 Å². The van der Waals surface area contributed by atoms with Gasteiger partial charge < -0.3 is 5.11 Å². The van der Waals surface area contributed by atoms with E-state index >= 15 is 0 Å². The third-order valence-electron chi connectivity index (χ3n) is 2.83. The van der Waals surface area contributed by atoms with E-state index < -0.39 is 5.97 Å².